The summed E-state index contributed by atoms with van der Waals surface area (Å²) < 4.78 is 32.0. The number of epoxide rings is 1. The molecule has 0 spiro atoms. The third-order valence-electron chi connectivity index (χ3n) is 3.27. The molecule has 1 aliphatic rings. The minimum Gasteiger partial charge on any atom is -0.370 e. The van der Waals surface area contributed by atoms with E-state index in [1.807, 2.05) is 13.8 Å². The largest absolute Gasteiger partial charge is 0.370 e. The molecule has 3 atom stereocenters. The van der Waals surface area contributed by atoms with Crippen molar-refractivity contribution < 1.29 is 13.5 Å². The molecule has 1 fully saturated rings. The Bertz CT molecular complexity index is 378. The summed E-state index contributed by atoms with van der Waals surface area (Å²) in [6.07, 6.45) is 2.06. The molecule has 1 heterocycles. The lowest BCUT2D eigenvalue weighted by Gasteiger charge is -2.15. The molecule has 1 aromatic carbocycles. The van der Waals surface area contributed by atoms with Crippen molar-refractivity contribution in [3.8, 4) is 0 Å². The number of hydrogen-bond acceptors (Lipinski definition) is 1. The molecule has 0 saturated carbocycles. The Labute approximate surface area is 94.4 Å². The molecule has 0 N–H and O–H groups in total. The van der Waals surface area contributed by atoms with Crippen LogP contribution in [-0.2, 0) is 4.74 Å². The van der Waals surface area contributed by atoms with Crippen LogP contribution < -0.4 is 0 Å². The SMILES string of the molecule is CCC(CC1OC1C)c1cccc(F)c1F. The van der Waals surface area contributed by atoms with Gasteiger partial charge in [0.1, 0.15) is 0 Å². The Morgan fingerprint density at radius 1 is 1.38 bits per heavy atom. The Morgan fingerprint density at radius 3 is 2.62 bits per heavy atom. The standard InChI is InChI=1S/C13H16F2O/c1-3-9(7-12-8(2)16-12)10-5-4-6-11(14)13(10)15/h4-6,8-9,12H,3,7H2,1-2H3. The highest BCUT2D eigenvalue weighted by Gasteiger charge is 2.36. The number of benzene rings is 1. The van der Waals surface area contributed by atoms with E-state index in [9.17, 15) is 8.78 Å². The quantitative estimate of drug-likeness (QED) is 0.714. The molecule has 1 aliphatic heterocycles. The lowest BCUT2D eigenvalue weighted by Crippen LogP contribution is -2.06. The highest BCUT2D eigenvalue weighted by Crippen LogP contribution is 2.35. The second-order valence-corrected chi connectivity index (χ2v) is 4.36. The average molecular weight is 226 g/mol. The van der Waals surface area contributed by atoms with Crippen molar-refractivity contribution >= 4 is 0 Å². The van der Waals surface area contributed by atoms with Gasteiger partial charge in [-0.25, -0.2) is 8.78 Å². The molecule has 0 aromatic heterocycles. The van der Waals surface area contributed by atoms with Crippen LogP contribution in [0.15, 0.2) is 18.2 Å². The van der Waals surface area contributed by atoms with E-state index in [0.29, 0.717) is 5.56 Å². The van der Waals surface area contributed by atoms with Crippen molar-refractivity contribution in [2.24, 2.45) is 0 Å². The molecule has 2 rings (SSSR count). The highest BCUT2D eigenvalue weighted by molar-refractivity contribution is 5.23. The van der Waals surface area contributed by atoms with Gasteiger partial charge in [0.05, 0.1) is 12.2 Å². The topological polar surface area (TPSA) is 12.5 Å². The Kier molecular flexibility index (Phi) is 3.24. The van der Waals surface area contributed by atoms with Gasteiger partial charge in [0.25, 0.3) is 0 Å². The van der Waals surface area contributed by atoms with Gasteiger partial charge in [-0.2, -0.15) is 0 Å². The van der Waals surface area contributed by atoms with Gasteiger partial charge in [0.2, 0.25) is 0 Å². The van der Waals surface area contributed by atoms with Gasteiger partial charge in [0.15, 0.2) is 11.6 Å². The average Bonchev–Trinajstić information content (AvgIpc) is 2.95. The van der Waals surface area contributed by atoms with Gasteiger partial charge in [-0.1, -0.05) is 19.1 Å². The van der Waals surface area contributed by atoms with Crippen molar-refractivity contribution in [3.05, 3.63) is 35.4 Å². The predicted molar refractivity (Wildman–Crippen MR) is 58.3 cm³/mol. The van der Waals surface area contributed by atoms with Gasteiger partial charge >= 0.3 is 0 Å². The molecule has 16 heavy (non-hydrogen) atoms. The molecule has 1 saturated heterocycles. The number of halogens is 2. The second kappa shape index (κ2) is 4.50. The predicted octanol–water partition coefficient (Wildman–Crippen LogP) is 3.64. The van der Waals surface area contributed by atoms with E-state index < -0.39 is 11.6 Å². The first-order chi connectivity index (χ1) is 7.63. The summed E-state index contributed by atoms with van der Waals surface area (Å²) in [5, 5.41) is 0. The molecule has 0 bridgehead atoms. The summed E-state index contributed by atoms with van der Waals surface area (Å²) in [7, 11) is 0. The normalized spacial score (nSPS) is 25.5. The van der Waals surface area contributed by atoms with Crippen molar-refractivity contribution in [3.63, 3.8) is 0 Å². The molecule has 1 aromatic rings. The van der Waals surface area contributed by atoms with Crippen LogP contribution in [0.2, 0.25) is 0 Å². The Balaban J connectivity index is 2.16. The van der Waals surface area contributed by atoms with Crippen LogP contribution in [0.4, 0.5) is 8.78 Å². The van der Waals surface area contributed by atoms with Crippen LogP contribution in [-0.4, -0.2) is 12.2 Å². The molecule has 3 unspecified atom stereocenters. The monoisotopic (exact) mass is 226 g/mol. The zero-order chi connectivity index (χ0) is 11.7. The zero-order valence-corrected chi connectivity index (χ0v) is 9.54. The van der Waals surface area contributed by atoms with Crippen LogP contribution >= 0.6 is 0 Å². The smallest absolute Gasteiger partial charge is 0.162 e. The summed E-state index contributed by atoms with van der Waals surface area (Å²) in [5.74, 6) is -1.42. The van der Waals surface area contributed by atoms with E-state index >= 15 is 0 Å². The van der Waals surface area contributed by atoms with Gasteiger partial charge in [-0.3, -0.25) is 0 Å². The summed E-state index contributed by atoms with van der Waals surface area (Å²) in [5.41, 5.74) is 0.477. The fraction of sp³-hybridized carbons (Fsp3) is 0.538. The maximum absolute atomic E-state index is 13.6. The van der Waals surface area contributed by atoms with Crippen molar-refractivity contribution in [1.82, 2.24) is 0 Å². The van der Waals surface area contributed by atoms with Gasteiger partial charge in [0, 0.05) is 0 Å². The minimum absolute atomic E-state index is 0.0469. The minimum atomic E-state index is -0.763. The fourth-order valence-corrected chi connectivity index (χ4v) is 2.11. The highest BCUT2D eigenvalue weighted by atomic mass is 19.2. The fourth-order valence-electron chi connectivity index (χ4n) is 2.11. The number of ether oxygens (including phenoxy) is 1. The van der Waals surface area contributed by atoms with E-state index in [0.717, 1.165) is 18.9 Å². The van der Waals surface area contributed by atoms with Crippen molar-refractivity contribution in [1.29, 1.82) is 0 Å². The first-order valence-corrected chi connectivity index (χ1v) is 5.72. The van der Waals surface area contributed by atoms with E-state index in [2.05, 4.69) is 0 Å². The summed E-state index contributed by atoms with van der Waals surface area (Å²) in [4.78, 5) is 0. The molecule has 3 heteroatoms. The molecule has 1 nitrogen and oxygen atoms in total. The number of rotatable bonds is 4. The zero-order valence-electron chi connectivity index (χ0n) is 9.54. The third kappa shape index (κ3) is 2.24. The second-order valence-electron chi connectivity index (χ2n) is 4.36. The maximum atomic E-state index is 13.6. The van der Waals surface area contributed by atoms with Crippen LogP contribution in [0, 0.1) is 11.6 Å². The van der Waals surface area contributed by atoms with E-state index in [4.69, 9.17) is 4.74 Å². The summed E-state index contributed by atoms with van der Waals surface area (Å²) >= 11 is 0. The van der Waals surface area contributed by atoms with Crippen LogP contribution in [0.1, 0.15) is 38.2 Å². The molecule has 0 radical (unpaired) electrons. The third-order valence-corrected chi connectivity index (χ3v) is 3.27. The Morgan fingerprint density at radius 2 is 2.06 bits per heavy atom. The van der Waals surface area contributed by atoms with E-state index in [1.165, 1.54) is 0 Å². The van der Waals surface area contributed by atoms with Gasteiger partial charge in [-0.15, -0.1) is 0 Å². The summed E-state index contributed by atoms with van der Waals surface area (Å²) in [6, 6.07) is 4.38. The molecule has 0 aliphatic carbocycles. The maximum Gasteiger partial charge on any atom is 0.162 e. The lowest BCUT2D eigenvalue weighted by molar-refractivity contribution is 0.354. The van der Waals surface area contributed by atoms with Gasteiger partial charge < -0.3 is 4.74 Å². The number of hydrogen-bond donors (Lipinski definition) is 0. The molecule has 88 valence electrons. The molecule has 0 amide bonds. The van der Waals surface area contributed by atoms with Crippen molar-refractivity contribution in [2.75, 3.05) is 0 Å². The first kappa shape index (κ1) is 11.5. The van der Waals surface area contributed by atoms with Crippen LogP contribution in [0.3, 0.4) is 0 Å². The molecular weight excluding hydrogens is 210 g/mol. The van der Waals surface area contributed by atoms with E-state index in [-0.39, 0.29) is 18.1 Å². The Hall–Kier alpha value is -0.960. The van der Waals surface area contributed by atoms with Crippen LogP contribution in [0.5, 0.6) is 0 Å². The summed E-state index contributed by atoms with van der Waals surface area (Å²) in [6.45, 7) is 3.99. The lowest BCUT2D eigenvalue weighted by atomic mass is 9.91. The van der Waals surface area contributed by atoms with Crippen molar-refractivity contribution in [2.45, 2.75) is 44.8 Å². The van der Waals surface area contributed by atoms with Crippen LogP contribution in [0.25, 0.3) is 0 Å². The molecular formula is C13H16F2O. The van der Waals surface area contributed by atoms with Gasteiger partial charge in [-0.05, 0) is 37.3 Å². The first-order valence-electron chi connectivity index (χ1n) is 5.72. The van der Waals surface area contributed by atoms with E-state index in [1.54, 1.807) is 12.1 Å².